The molecule has 0 heterocycles. The molecule has 96 valence electrons. The average Bonchev–Trinajstić information content (AvgIpc) is 2.39. The number of hydrogen-bond donors (Lipinski definition) is 0. The summed E-state index contributed by atoms with van der Waals surface area (Å²) >= 11 is 0. The monoisotopic (exact) mass is 247 g/mol. The van der Waals surface area contributed by atoms with Crippen LogP contribution < -0.4 is 0 Å². The fraction of sp³-hybridized carbons (Fsp3) is 0.533. The van der Waals surface area contributed by atoms with Crippen LogP contribution in [-0.2, 0) is 4.79 Å². The van der Waals surface area contributed by atoms with E-state index < -0.39 is 11.7 Å². The molecule has 1 aliphatic carbocycles. The van der Waals surface area contributed by atoms with E-state index in [-0.39, 0.29) is 19.0 Å². The van der Waals surface area contributed by atoms with Gasteiger partial charge in [-0.2, -0.15) is 0 Å². The van der Waals surface area contributed by atoms with Crippen molar-refractivity contribution in [1.29, 1.82) is 0 Å². The van der Waals surface area contributed by atoms with Crippen LogP contribution in [0, 0.1) is 30.6 Å². The molecule has 2 nitrogen and oxygen atoms in total. The Hall–Kier alpha value is -1.74. The molecule has 1 amide bonds. The fourth-order valence-electron chi connectivity index (χ4n) is 2.15. The Balaban J connectivity index is 2.65. The molecule has 0 radical (unpaired) electrons. The molecule has 0 aliphatic heterocycles. The van der Waals surface area contributed by atoms with Gasteiger partial charge in [-0.1, -0.05) is 31.1 Å². The number of allylic oxidation sites excluding steroid dienone is 1. The van der Waals surface area contributed by atoms with Gasteiger partial charge in [0.05, 0.1) is 13.1 Å². The summed E-state index contributed by atoms with van der Waals surface area (Å²) in [6, 6.07) is 0. The summed E-state index contributed by atoms with van der Waals surface area (Å²) in [5.41, 5.74) is 0. The zero-order valence-electron chi connectivity index (χ0n) is 10.5. The maximum atomic E-state index is 13.8. The molecular weight excluding hydrogens is 229 g/mol. The average molecular weight is 247 g/mol. The molecule has 0 saturated heterocycles. The largest absolute Gasteiger partial charge is 0.314 e. The van der Waals surface area contributed by atoms with Gasteiger partial charge in [0.2, 0.25) is 0 Å². The van der Waals surface area contributed by atoms with Crippen LogP contribution in [0.15, 0.2) is 11.9 Å². The van der Waals surface area contributed by atoms with Crippen molar-refractivity contribution < 1.29 is 9.18 Å². The summed E-state index contributed by atoms with van der Waals surface area (Å²) in [5, 5.41) is 0. The first-order chi connectivity index (χ1) is 8.69. The highest BCUT2D eigenvalue weighted by molar-refractivity contribution is 5.91. The molecule has 0 aromatic heterocycles. The minimum absolute atomic E-state index is 0.0367. The number of hydrogen-bond acceptors (Lipinski definition) is 1. The van der Waals surface area contributed by atoms with E-state index in [0.717, 1.165) is 30.6 Å². The van der Waals surface area contributed by atoms with Crippen molar-refractivity contribution >= 4 is 5.91 Å². The third kappa shape index (κ3) is 4.26. The quantitative estimate of drug-likeness (QED) is 0.552. The van der Waals surface area contributed by atoms with Gasteiger partial charge in [0.15, 0.2) is 5.83 Å². The Morgan fingerprint density at radius 1 is 1.22 bits per heavy atom. The summed E-state index contributed by atoms with van der Waals surface area (Å²) < 4.78 is 13.8. The Kier molecular flexibility index (Phi) is 6.01. The minimum Gasteiger partial charge on any atom is -0.314 e. The van der Waals surface area contributed by atoms with E-state index in [1.165, 1.54) is 12.5 Å². The number of halogens is 1. The standard InChI is InChI=1S/C15H18FNO/c1-3-10-17(11-4-2)15(18)14(16)12-13-8-6-5-7-9-13/h1-2,12-13H,5-11H2. The third-order valence-electron chi connectivity index (χ3n) is 3.09. The molecule has 0 spiro atoms. The Morgan fingerprint density at radius 3 is 2.28 bits per heavy atom. The van der Waals surface area contributed by atoms with Crippen molar-refractivity contribution in [1.82, 2.24) is 4.90 Å². The van der Waals surface area contributed by atoms with Crippen LogP contribution in [0.5, 0.6) is 0 Å². The van der Waals surface area contributed by atoms with Gasteiger partial charge in [-0.05, 0) is 24.8 Å². The van der Waals surface area contributed by atoms with Crippen LogP contribution in [0.3, 0.4) is 0 Å². The second kappa shape index (κ2) is 7.56. The molecule has 0 bridgehead atoms. The van der Waals surface area contributed by atoms with E-state index in [9.17, 15) is 9.18 Å². The van der Waals surface area contributed by atoms with E-state index in [2.05, 4.69) is 11.8 Å². The second-order valence-corrected chi connectivity index (χ2v) is 4.48. The van der Waals surface area contributed by atoms with E-state index in [1.54, 1.807) is 0 Å². The number of terminal acetylenes is 2. The highest BCUT2D eigenvalue weighted by Gasteiger charge is 2.19. The first kappa shape index (κ1) is 14.3. The van der Waals surface area contributed by atoms with Gasteiger partial charge in [-0.25, -0.2) is 4.39 Å². The maximum Gasteiger partial charge on any atom is 0.283 e. The number of carbonyl (C=O) groups is 1. The molecule has 1 aliphatic rings. The summed E-state index contributed by atoms with van der Waals surface area (Å²) in [5.74, 6) is 3.36. The molecule has 0 aromatic carbocycles. The van der Waals surface area contributed by atoms with Gasteiger partial charge in [0, 0.05) is 0 Å². The van der Waals surface area contributed by atoms with Gasteiger partial charge in [0.25, 0.3) is 5.91 Å². The lowest BCUT2D eigenvalue weighted by atomic mass is 9.89. The van der Waals surface area contributed by atoms with E-state index in [1.807, 2.05) is 0 Å². The normalized spacial score (nSPS) is 16.7. The Labute approximate surface area is 108 Å². The third-order valence-corrected chi connectivity index (χ3v) is 3.09. The smallest absolute Gasteiger partial charge is 0.283 e. The van der Waals surface area contributed by atoms with Crippen LogP contribution in [0.1, 0.15) is 32.1 Å². The van der Waals surface area contributed by atoms with Crippen LogP contribution in [0.2, 0.25) is 0 Å². The molecule has 0 aromatic rings. The summed E-state index contributed by atoms with van der Waals surface area (Å²) in [6.07, 6.45) is 17.0. The minimum atomic E-state index is -0.729. The van der Waals surface area contributed by atoms with Crippen LogP contribution >= 0.6 is 0 Å². The Bertz CT molecular complexity index is 378. The number of amides is 1. The van der Waals surface area contributed by atoms with Crippen molar-refractivity contribution in [2.24, 2.45) is 5.92 Å². The first-order valence-electron chi connectivity index (χ1n) is 6.22. The zero-order valence-corrected chi connectivity index (χ0v) is 10.5. The van der Waals surface area contributed by atoms with Gasteiger partial charge in [-0.15, -0.1) is 12.8 Å². The molecule has 0 atom stereocenters. The van der Waals surface area contributed by atoms with Crippen molar-refractivity contribution in [3.8, 4) is 24.7 Å². The molecule has 1 rings (SSSR count). The molecule has 18 heavy (non-hydrogen) atoms. The zero-order chi connectivity index (χ0) is 13.4. The SMILES string of the molecule is C#CCN(CC#C)C(=O)C(F)=CC1CCCCC1. The predicted molar refractivity (Wildman–Crippen MR) is 70.0 cm³/mol. The highest BCUT2D eigenvalue weighted by atomic mass is 19.1. The molecule has 3 heteroatoms. The van der Waals surface area contributed by atoms with Gasteiger partial charge >= 0.3 is 0 Å². The summed E-state index contributed by atoms with van der Waals surface area (Å²) in [6.45, 7) is 0.0733. The fourth-order valence-corrected chi connectivity index (χ4v) is 2.15. The van der Waals surface area contributed by atoms with Crippen LogP contribution in [0.25, 0.3) is 0 Å². The first-order valence-corrected chi connectivity index (χ1v) is 6.22. The number of rotatable bonds is 4. The lowest BCUT2D eigenvalue weighted by molar-refractivity contribution is -0.127. The van der Waals surface area contributed by atoms with E-state index >= 15 is 0 Å². The van der Waals surface area contributed by atoms with Crippen molar-refractivity contribution in [2.45, 2.75) is 32.1 Å². The topological polar surface area (TPSA) is 20.3 Å². The summed E-state index contributed by atoms with van der Waals surface area (Å²) in [7, 11) is 0. The van der Waals surface area contributed by atoms with Gasteiger partial charge < -0.3 is 4.90 Å². The number of carbonyl (C=O) groups excluding carboxylic acids is 1. The predicted octanol–water partition coefficient (Wildman–Crippen LogP) is 2.52. The van der Waals surface area contributed by atoms with Crippen molar-refractivity contribution in [3.63, 3.8) is 0 Å². The molecule has 1 fully saturated rings. The molecule has 0 N–H and O–H groups in total. The molecule has 0 unspecified atom stereocenters. The second-order valence-electron chi connectivity index (χ2n) is 4.48. The molecule has 1 saturated carbocycles. The van der Waals surface area contributed by atoms with E-state index in [0.29, 0.717) is 0 Å². The van der Waals surface area contributed by atoms with Crippen molar-refractivity contribution in [3.05, 3.63) is 11.9 Å². The van der Waals surface area contributed by atoms with Gasteiger partial charge in [-0.3, -0.25) is 4.79 Å². The van der Waals surface area contributed by atoms with Crippen LogP contribution in [0.4, 0.5) is 4.39 Å². The van der Waals surface area contributed by atoms with E-state index in [4.69, 9.17) is 12.8 Å². The van der Waals surface area contributed by atoms with Crippen molar-refractivity contribution in [2.75, 3.05) is 13.1 Å². The lowest BCUT2D eigenvalue weighted by Crippen LogP contribution is -2.32. The number of nitrogens with zero attached hydrogens (tertiary/aromatic N) is 1. The molecular formula is C15H18FNO. The van der Waals surface area contributed by atoms with Gasteiger partial charge in [0.1, 0.15) is 0 Å². The highest BCUT2D eigenvalue weighted by Crippen LogP contribution is 2.26. The van der Waals surface area contributed by atoms with Crippen LogP contribution in [-0.4, -0.2) is 23.9 Å². The lowest BCUT2D eigenvalue weighted by Gasteiger charge is -2.20. The Morgan fingerprint density at radius 2 is 1.78 bits per heavy atom. The maximum absolute atomic E-state index is 13.8. The summed E-state index contributed by atoms with van der Waals surface area (Å²) in [4.78, 5) is 12.9.